The van der Waals surface area contributed by atoms with Gasteiger partial charge in [-0.15, -0.1) is 0 Å². The van der Waals surface area contributed by atoms with Crippen molar-refractivity contribution in [2.24, 2.45) is 0 Å². The van der Waals surface area contributed by atoms with Gasteiger partial charge in [-0.05, 0) is 38.0 Å². The second kappa shape index (κ2) is 4.80. The van der Waals surface area contributed by atoms with Gasteiger partial charge in [0.05, 0.1) is 17.3 Å². The van der Waals surface area contributed by atoms with Crippen LogP contribution in [-0.2, 0) is 10.2 Å². The van der Waals surface area contributed by atoms with Gasteiger partial charge in [0.2, 0.25) is 5.91 Å². The lowest BCUT2D eigenvalue weighted by atomic mass is 9.74. The number of piperidine rings is 1. The predicted octanol–water partition coefficient (Wildman–Crippen LogP) is 2.28. The molecule has 112 valence electrons. The molecule has 4 rings (SSSR count). The van der Waals surface area contributed by atoms with Crippen LogP contribution < -0.4 is 10.2 Å². The monoisotopic (exact) mass is 294 g/mol. The first-order chi connectivity index (χ1) is 10.7. The number of anilines is 2. The van der Waals surface area contributed by atoms with E-state index in [0.29, 0.717) is 0 Å². The number of nitrogens with zero attached hydrogens (tertiary/aromatic N) is 3. The summed E-state index contributed by atoms with van der Waals surface area (Å²) >= 11 is 0. The first-order valence-electron chi connectivity index (χ1n) is 7.64. The molecule has 0 atom stereocenters. The summed E-state index contributed by atoms with van der Waals surface area (Å²) in [6, 6.07) is 8.08. The highest BCUT2D eigenvalue weighted by Crippen LogP contribution is 2.44. The molecule has 1 N–H and O–H groups in total. The van der Waals surface area contributed by atoms with Crippen molar-refractivity contribution >= 4 is 17.4 Å². The minimum atomic E-state index is -0.405. The third-order valence-corrected chi connectivity index (χ3v) is 4.87. The van der Waals surface area contributed by atoms with Crippen molar-refractivity contribution in [3.05, 3.63) is 47.9 Å². The summed E-state index contributed by atoms with van der Waals surface area (Å²) in [5.74, 6) is 0.834. The molecule has 0 unspecified atom stereocenters. The van der Waals surface area contributed by atoms with Crippen molar-refractivity contribution in [1.29, 1.82) is 0 Å². The number of pyridine rings is 2. The molecule has 2 aliphatic rings. The summed E-state index contributed by atoms with van der Waals surface area (Å²) in [6.45, 7) is 3.70. The highest BCUT2D eigenvalue weighted by atomic mass is 16.2. The molecule has 5 heteroatoms. The Labute approximate surface area is 129 Å². The van der Waals surface area contributed by atoms with E-state index in [0.717, 1.165) is 48.7 Å². The zero-order chi connectivity index (χ0) is 15.2. The Bertz CT molecular complexity index is 718. The van der Waals surface area contributed by atoms with E-state index in [4.69, 9.17) is 0 Å². The van der Waals surface area contributed by atoms with Gasteiger partial charge in [-0.3, -0.25) is 9.78 Å². The molecule has 1 amide bonds. The largest absolute Gasteiger partial charge is 0.370 e. The maximum atomic E-state index is 12.5. The van der Waals surface area contributed by atoms with Gasteiger partial charge in [-0.2, -0.15) is 0 Å². The number of aromatic nitrogens is 2. The van der Waals surface area contributed by atoms with Gasteiger partial charge in [-0.1, -0.05) is 6.07 Å². The van der Waals surface area contributed by atoms with Gasteiger partial charge in [0.1, 0.15) is 5.82 Å². The number of hydrogen-bond donors (Lipinski definition) is 1. The van der Waals surface area contributed by atoms with Crippen molar-refractivity contribution in [2.45, 2.75) is 25.2 Å². The van der Waals surface area contributed by atoms with Crippen molar-refractivity contribution in [2.75, 3.05) is 23.3 Å². The zero-order valence-electron chi connectivity index (χ0n) is 12.5. The Morgan fingerprint density at radius 1 is 1.18 bits per heavy atom. The fraction of sp³-hybridized carbons (Fsp3) is 0.353. The molecule has 4 heterocycles. The van der Waals surface area contributed by atoms with E-state index in [9.17, 15) is 4.79 Å². The molecular formula is C17H18N4O. The molecule has 1 spiro atoms. The molecule has 22 heavy (non-hydrogen) atoms. The third-order valence-electron chi connectivity index (χ3n) is 4.87. The number of rotatable bonds is 1. The van der Waals surface area contributed by atoms with E-state index in [1.165, 1.54) is 0 Å². The van der Waals surface area contributed by atoms with Crippen LogP contribution in [0.4, 0.5) is 11.5 Å². The van der Waals surface area contributed by atoms with Crippen molar-refractivity contribution < 1.29 is 4.79 Å². The number of carbonyl (C=O) groups excluding carboxylic acids is 1. The summed E-state index contributed by atoms with van der Waals surface area (Å²) in [4.78, 5) is 23.5. The van der Waals surface area contributed by atoms with E-state index in [2.05, 4.69) is 26.3 Å². The quantitative estimate of drug-likeness (QED) is 0.876. The summed E-state index contributed by atoms with van der Waals surface area (Å²) in [5, 5.41) is 2.94. The van der Waals surface area contributed by atoms with Gasteiger partial charge >= 0.3 is 0 Å². The number of nitrogens with one attached hydrogen (secondary N) is 1. The molecular weight excluding hydrogens is 276 g/mol. The number of fused-ring (bicyclic) bond motifs is 2. The SMILES string of the molecule is Cc1ccc(N2CCC3(CC2)C(=O)Nc2ncccc23)cn1. The number of aryl methyl sites for hydroxylation is 1. The summed E-state index contributed by atoms with van der Waals surface area (Å²) in [7, 11) is 0. The molecule has 2 aliphatic heterocycles. The van der Waals surface area contributed by atoms with Crippen LogP contribution in [0.25, 0.3) is 0 Å². The van der Waals surface area contributed by atoms with E-state index in [1.54, 1.807) is 6.20 Å². The van der Waals surface area contributed by atoms with E-state index < -0.39 is 5.41 Å². The van der Waals surface area contributed by atoms with Gasteiger partial charge in [0.25, 0.3) is 0 Å². The highest BCUT2D eigenvalue weighted by Gasteiger charge is 2.48. The average molecular weight is 294 g/mol. The Balaban J connectivity index is 1.59. The fourth-order valence-corrected chi connectivity index (χ4v) is 3.53. The Morgan fingerprint density at radius 3 is 2.73 bits per heavy atom. The number of carbonyl (C=O) groups is 1. The van der Waals surface area contributed by atoms with Gasteiger partial charge in [0, 0.05) is 30.5 Å². The molecule has 0 bridgehead atoms. The zero-order valence-corrected chi connectivity index (χ0v) is 12.5. The smallest absolute Gasteiger partial charge is 0.236 e. The van der Waals surface area contributed by atoms with Crippen LogP contribution in [0.3, 0.4) is 0 Å². The second-order valence-electron chi connectivity index (χ2n) is 6.08. The molecule has 1 fully saturated rings. The first-order valence-corrected chi connectivity index (χ1v) is 7.64. The number of hydrogen-bond acceptors (Lipinski definition) is 4. The Kier molecular flexibility index (Phi) is 2.89. The normalized spacial score (nSPS) is 19.1. The van der Waals surface area contributed by atoms with Gasteiger partial charge < -0.3 is 10.2 Å². The van der Waals surface area contributed by atoms with E-state index >= 15 is 0 Å². The Hall–Kier alpha value is -2.43. The highest BCUT2D eigenvalue weighted by molar-refractivity contribution is 6.05. The second-order valence-corrected chi connectivity index (χ2v) is 6.08. The topological polar surface area (TPSA) is 58.1 Å². The molecule has 0 radical (unpaired) electrons. The predicted molar refractivity (Wildman–Crippen MR) is 85.0 cm³/mol. The molecule has 2 aromatic heterocycles. The van der Waals surface area contributed by atoms with Gasteiger partial charge in [-0.25, -0.2) is 4.98 Å². The fourth-order valence-electron chi connectivity index (χ4n) is 3.53. The lowest BCUT2D eigenvalue weighted by molar-refractivity contribution is -0.121. The van der Waals surface area contributed by atoms with E-state index in [1.807, 2.05) is 31.3 Å². The summed E-state index contributed by atoms with van der Waals surface area (Å²) < 4.78 is 0. The van der Waals surface area contributed by atoms with Crippen LogP contribution in [0.15, 0.2) is 36.7 Å². The third kappa shape index (κ3) is 1.89. The lowest BCUT2D eigenvalue weighted by Gasteiger charge is -2.38. The van der Waals surface area contributed by atoms with Crippen molar-refractivity contribution in [3.63, 3.8) is 0 Å². The molecule has 0 saturated carbocycles. The van der Waals surface area contributed by atoms with Gasteiger partial charge in [0.15, 0.2) is 0 Å². The van der Waals surface area contributed by atoms with Crippen LogP contribution >= 0.6 is 0 Å². The first kappa shape index (κ1) is 13.2. The van der Waals surface area contributed by atoms with Crippen molar-refractivity contribution in [1.82, 2.24) is 9.97 Å². The van der Waals surface area contributed by atoms with Crippen LogP contribution in [0.2, 0.25) is 0 Å². The summed E-state index contributed by atoms with van der Waals surface area (Å²) in [6.07, 6.45) is 5.26. The van der Waals surface area contributed by atoms with Crippen LogP contribution in [0.1, 0.15) is 24.1 Å². The Morgan fingerprint density at radius 2 is 2.00 bits per heavy atom. The van der Waals surface area contributed by atoms with Crippen LogP contribution in [0.5, 0.6) is 0 Å². The van der Waals surface area contributed by atoms with E-state index in [-0.39, 0.29) is 5.91 Å². The minimum Gasteiger partial charge on any atom is -0.370 e. The summed E-state index contributed by atoms with van der Waals surface area (Å²) in [5.41, 5.74) is 2.80. The standard InChI is InChI=1S/C17H18N4O/c1-12-4-5-13(11-19-12)21-9-6-17(7-10-21)14-3-2-8-18-15(14)20-16(17)22/h2-5,8,11H,6-7,9-10H2,1H3,(H,18,20,22). The minimum absolute atomic E-state index is 0.0999. The average Bonchev–Trinajstić information content (AvgIpc) is 2.82. The maximum absolute atomic E-state index is 12.5. The van der Waals surface area contributed by atoms with Crippen LogP contribution in [0, 0.1) is 6.92 Å². The molecule has 2 aromatic rings. The lowest BCUT2D eigenvalue weighted by Crippen LogP contribution is -2.46. The van der Waals surface area contributed by atoms with Crippen molar-refractivity contribution in [3.8, 4) is 0 Å². The molecule has 0 aliphatic carbocycles. The van der Waals surface area contributed by atoms with Crippen LogP contribution in [-0.4, -0.2) is 29.0 Å². The number of amides is 1. The molecule has 5 nitrogen and oxygen atoms in total. The molecule has 0 aromatic carbocycles. The molecule has 1 saturated heterocycles. The maximum Gasteiger partial charge on any atom is 0.236 e.